The molecular formula is C13H24N6OS. The molecule has 21 heavy (non-hydrogen) atoms. The third-order valence-corrected chi connectivity index (χ3v) is 4.54. The van der Waals surface area contributed by atoms with Crippen LogP contribution in [0.3, 0.4) is 0 Å². The van der Waals surface area contributed by atoms with Crippen molar-refractivity contribution in [1.29, 1.82) is 0 Å². The van der Waals surface area contributed by atoms with Crippen molar-refractivity contribution in [2.75, 3.05) is 31.1 Å². The Balaban J connectivity index is 1.97. The van der Waals surface area contributed by atoms with Crippen LogP contribution in [0.1, 0.15) is 33.5 Å². The monoisotopic (exact) mass is 312 g/mol. The number of oxime groups is 1. The highest BCUT2D eigenvalue weighted by molar-refractivity contribution is 7.09. The van der Waals surface area contributed by atoms with Gasteiger partial charge in [0.2, 0.25) is 5.13 Å². The van der Waals surface area contributed by atoms with Crippen LogP contribution in [0, 0.1) is 0 Å². The summed E-state index contributed by atoms with van der Waals surface area (Å²) < 4.78 is 4.46. The van der Waals surface area contributed by atoms with Gasteiger partial charge in [-0.2, -0.15) is 4.37 Å². The van der Waals surface area contributed by atoms with E-state index >= 15 is 0 Å². The number of anilines is 1. The molecule has 1 atom stereocenters. The van der Waals surface area contributed by atoms with Crippen LogP contribution in [0.15, 0.2) is 5.16 Å². The van der Waals surface area contributed by atoms with Crippen molar-refractivity contribution in [3.63, 3.8) is 0 Å². The largest absolute Gasteiger partial charge is 0.409 e. The zero-order valence-electron chi connectivity index (χ0n) is 13.1. The fourth-order valence-electron chi connectivity index (χ4n) is 2.22. The molecule has 1 aromatic heterocycles. The van der Waals surface area contributed by atoms with Crippen LogP contribution < -0.4 is 10.6 Å². The van der Waals surface area contributed by atoms with Crippen molar-refractivity contribution in [3.8, 4) is 0 Å². The lowest BCUT2D eigenvalue weighted by Crippen LogP contribution is -2.53. The Morgan fingerprint density at radius 3 is 2.43 bits per heavy atom. The molecule has 0 aliphatic carbocycles. The molecule has 0 saturated carbocycles. The van der Waals surface area contributed by atoms with Crippen LogP contribution in [-0.2, 0) is 5.41 Å². The predicted molar refractivity (Wildman–Crippen MR) is 85.3 cm³/mol. The number of piperazine rings is 1. The summed E-state index contributed by atoms with van der Waals surface area (Å²) in [6.45, 7) is 11.8. The maximum atomic E-state index is 8.75. The first-order chi connectivity index (χ1) is 9.82. The zero-order chi connectivity index (χ0) is 15.6. The van der Waals surface area contributed by atoms with Gasteiger partial charge in [-0.05, 0) is 6.92 Å². The Kier molecular flexibility index (Phi) is 4.67. The van der Waals surface area contributed by atoms with Gasteiger partial charge < -0.3 is 15.8 Å². The molecule has 8 heteroatoms. The van der Waals surface area contributed by atoms with E-state index in [1.54, 1.807) is 0 Å². The van der Waals surface area contributed by atoms with Crippen molar-refractivity contribution in [2.24, 2.45) is 10.9 Å². The van der Waals surface area contributed by atoms with E-state index in [9.17, 15) is 0 Å². The van der Waals surface area contributed by atoms with Gasteiger partial charge in [-0.1, -0.05) is 25.9 Å². The molecule has 1 unspecified atom stereocenters. The molecule has 2 heterocycles. The molecule has 1 saturated heterocycles. The van der Waals surface area contributed by atoms with Gasteiger partial charge in [-0.25, -0.2) is 4.98 Å². The second-order valence-corrected chi connectivity index (χ2v) is 7.10. The molecule has 1 aliphatic rings. The summed E-state index contributed by atoms with van der Waals surface area (Å²) in [5, 5.41) is 12.8. The third kappa shape index (κ3) is 3.62. The minimum atomic E-state index is -0.0447. The Morgan fingerprint density at radius 1 is 1.33 bits per heavy atom. The standard InChI is InChI=1S/C13H24N6OS/c1-9(10(14)16-20)18-5-7-19(8-6-18)12-15-11(17-21-12)13(2,3)4/h9,20H,5-8H2,1-4H3,(H2,14,16). The molecule has 0 radical (unpaired) electrons. The van der Waals surface area contributed by atoms with Crippen molar-refractivity contribution < 1.29 is 5.21 Å². The number of rotatable bonds is 3. The summed E-state index contributed by atoms with van der Waals surface area (Å²) in [7, 11) is 0. The average molecular weight is 312 g/mol. The van der Waals surface area contributed by atoms with Crippen LogP contribution in [0.25, 0.3) is 0 Å². The SMILES string of the molecule is CC(C(N)=NO)N1CCN(c2nc(C(C)(C)C)ns2)CC1. The Bertz CT molecular complexity index is 501. The first-order valence-corrected chi connectivity index (χ1v) is 7.91. The average Bonchev–Trinajstić information content (AvgIpc) is 2.95. The first kappa shape index (κ1) is 16.0. The molecule has 1 aromatic rings. The molecule has 7 nitrogen and oxygen atoms in total. The molecule has 0 spiro atoms. The van der Waals surface area contributed by atoms with Gasteiger partial charge in [-0.15, -0.1) is 0 Å². The highest BCUT2D eigenvalue weighted by Crippen LogP contribution is 2.26. The third-order valence-electron chi connectivity index (χ3n) is 3.76. The van der Waals surface area contributed by atoms with E-state index < -0.39 is 0 Å². The summed E-state index contributed by atoms with van der Waals surface area (Å²) >= 11 is 1.46. The molecule has 2 rings (SSSR count). The summed E-state index contributed by atoms with van der Waals surface area (Å²) in [6, 6.07) is -0.0447. The lowest BCUT2D eigenvalue weighted by Gasteiger charge is -2.37. The van der Waals surface area contributed by atoms with E-state index in [1.165, 1.54) is 11.5 Å². The van der Waals surface area contributed by atoms with Crippen LogP contribution in [-0.4, -0.2) is 57.5 Å². The lowest BCUT2D eigenvalue weighted by atomic mass is 9.96. The minimum absolute atomic E-state index is 0.0167. The fraction of sp³-hybridized carbons (Fsp3) is 0.769. The highest BCUT2D eigenvalue weighted by atomic mass is 32.1. The van der Waals surface area contributed by atoms with Gasteiger partial charge in [0.25, 0.3) is 0 Å². The molecule has 0 bridgehead atoms. The smallest absolute Gasteiger partial charge is 0.205 e. The lowest BCUT2D eigenvalue weighted by molar-refractivity contribution is 0.230. The van der Waals surface area contributed by atoms with Crippen molar-refractivity contribution >= 4 is 22.5 Å². The van der Waals surface area contributed by atoms with Gasteiger partial charge >= 0.3 is 0 Å². The zero-order valence-corrected chi connectivity index (χ0v) is 13.9. The molecule has 1 fully saturated rings. The quantitative estimate of drug-likeness (QED) is 0.376. The number of nitrogens with zero attached hydrogens (tertiary/aromatic N) is 5. The van der Waals surface area contributed by atoms with E-state index in [1.807, 2.05) is 6.92 Å². The molecule has 0 aromatic carbocycles. The number of nitrogens with two attached hydrogens (primary N) is 1. The van der Waals surface area contributed by atoms with E-state index in [0.29, 0.717) is 0 Å². The van der Waals surface area contributed by atoms with E-state index in [2.05, 4.69) is 45.1 Å². The van der Waals surface area contributed by atoms with Gasteiger partial charge in [0, 0.05) is 43.1 Å². The number of hydrogen-bond donors (Lipinski definition) is 2. The Hall–Kier alpha value is -1.41. The molecule has 3 N–H and O–H groups in total. The summed E-state index contributed by atoms with van der Waals surface area (Å²) in [6.07, 6.45) is 0. The molecule has 118 valence electrons. The van der Waals surface area contributed by atoms with Crippen LogP contribution >= 0.6 is 11.5 Å². The normalized spacial score (nSPS) is 19.8. The van der Waals surface area contributed by atoms with E-state index in [4.69, 9.17) is 10.9 Å². The summed E-state index contributed by atoms with van der Waals surface area (Å²) in [5.74, 6) is 1.16. The van der Waals surface area contributed by atoms with E-state index in [-0.39, 0.29) is 17.3 Å². The van der Waals surface area contributed by atoms with Crippen LogP contribution in [0.5, 0.6) is 0 Å². The minimum Gasteiger partial charge on any atom is -0.409 e. The Morgan fingerprint density at radius 2 is 1.95 bits per heavy atom. The molecule has 1 aliphatic heterocycles. The van der Waals surface area contributed by atoms with E-state index in [0.717, 1.165) is 37.1 Å². The van der Waals surface area contributed by atoms with Crippen molar-refractivity contribution in [2.45, 2.75) is 39.2 Å². The maximum absolute atomic E-state index is 8.75. The van der Waals surface area contributed by atoms with Crippen LogP contribution in [0.4, 0.5) is 5.13 Å². The maximum Gasteiger partial charge on any atom is 0.205 e. The first-order valence-electron chi connectivity index (χ1n) is 7.13. The predicted octanol–water partition coefficient (Wildman–Crippen LogP) is 1.09. The summed E-state index contributed by atoms with van der Waals surface area (Å²) in [5.41, 5.74) is 5.65. The van der Waals surface area contributed by atoms with Gasteiger partial charge in [-0.3, -0.25) is 4.90 Å². The van der Waals surface area contributed by atoms with Crippen molar-refractivity contribution in [1.82, 2.24) is 14.3 Å². The fourth-order valence-corrected chi connectivity index (χ4v) is 3.13. The van der Waals surface area contributed by atoms with Crippen LogP contribution in [0.2, 0.25) is 0 Å². The molecular weight excluding hydrogens is 288 g/mol. The van der Waals surface area contributed by atoms with Crippen molar-refractivity contribution in [3.05, 3.63) is 5.82 Å². The highest BCUT2D eigenvalue weighted by Gasteiger charge is 2.26. The second kappa shape index (κ2) is 6.15. The number of hydrogen-bond acceptors (Lipinski definition) is 7. The molecule has 0 amide bonds. The number of aromatic nitrogens is 2. The van der Waals surface area contributed by atoms with Gasteiger partial charge in [0.15, 0.2) is 5.84 Å². The van der Waals surface area contributed by atoms with Gasteiger partial charge in [0.05, 0.1) is 6.04 Å². The van der Waals surface area contributed by atoms with Gasteiger partial charge in [0.1, 0.15) is 5.82 Å². The summed E-state index contributed by atoms with van der Waals surface area (Å²) in [4.78, 5) is 9.11. The topological polar surface area (TPSA) is 90.9 Å². The Labute approximate surface area is 129 Å². The number of amidine groups is 1. The second-order valence-electron chi connectivity index (χ2n) is 6.37.